The largest absolute Gasteiger partial charge is 0.330 e. The van der Waals surface area contributed by atoms with Crippen LogP contribution >= 0.6 is 34.5 Å². The standard InChI is InChI=1S/C16H12Cl2N2S/c1-10-15(11-5-3-2-4-6-11)20-16(21-10)19-14-8-7-12(17)9-13(14)18/h2-9H,1H3,(H,19,20). The van der Waals surface area contributed by atoms with Gasteiger partial charge in [-0.25, -0.2) is 4.98 Å². The highest BCUT2D eigenvalue weighted by Gasteiger charge is 2.10. The average molecular weight is 335 g/mol. The SMILES string of the molecule is Cc1sc(Nc2ccc(Cl)cc2Cl)nc1-c1ccccc1. The molecule has 5 heteroatoms. The van der Waals surface area contributed by atoms with Crippen LogP contribution in [0.5, 0.6) is 0 Å². The van der Waals surface area contributed by atoms with E-state index in [1.165, 1.54) is 0 Å². The van der Waals surface area contributed by atoms with Gasteiger partial charge in [0, 0.05) is 15.5 Å². The molecule has 0 amide bonds. The summed E-state index contributed by atoms with van der Waals surface area (Å²) >= 11 is 13.7. The van der Waals surface area contributed by atoms with Crippen LogP contribution in [0.2, 0.25) is 10.0 Å². The van der Waals surface area contributed by atoms with Gasteiger partial charge >= 0.3 is 0 Å². The third-order valence-electron chi connectivity index (χ3n) is 3.02. The van der Waals surface area contributed by atoms with E-state index in [-0.39, 0.29) is 0 Å². The van der Waals surface area contributed by atoms with Gasteiger partial charge in [-0.05, 0) is 25.1 Å². The van der Waals surface area contributed by atoms with E-state index in [9.17, 15) is 0 Å². The molecule has 0 saturated carbocycles. The fourth-order valence-corrected chi connectivity index (χ4v) is 3.32. The van der Waals surface area contributed by atoms with E-state index < -0.39 is 0 Å². The smallest absolute Gasteiger partial charge is 0.188 e. The van der Waals surface area contributed by atoms with Crippen LogP contribution in [0.25, 0.3) is 11.3 Å². The van der Waals surface area contributed by atoms with Gasteiger partial charge in [0.2, 0.25) is 0 Å². The lowest BCUT2D eigenvalue weighted by molar-refractivity contribution is 1.36. The zero-order chi connectivity index (χ0) is 14.8. The number of halogens is 2. The molecule has 0 bridgehead atoms. The van der Waals surface area contributed by atoms with E-state index in [1.54, 1.807) is 23.5 Å². The maximum Gasteiger partial charge on any atom is 0.188 e. The molecule has 1 N–H and O–H groups in total. The molecule has 0 aliphatic heterocycles. The van der Waals surface area contributed by atoms with E-state index in [2.05, 4.69) is 29.4 Å². The summed E-state index contributed by atoms with van der Waals surface area (Å²) in [5.41, 5.74) is 2.91. The number of benzene rings is 2. The molecule has 0 spiro atoms. The Balaban J connectivity index is 1.91. The van der Waals surface area contributed by atoms with Gasteiger partial charge in [0.15, 0.2) is 5.13 Å². The first kappa shape index (κ1) is 14.4. The van der Waals surface area contributed by atoms with Gasteiger partial charge in [-0.2, -0.15) is 0 Å². The monoisotopic (exact) mass is 334 g/mol. The third kappa shape index (κ3) is 3.21. The topological polar surface area (TPSA) is 24.9 Å². The van der Waals surface area contributed by atoms with Gasteiger partial charge in [0.05, 0.1) is 16.4 Å². The van der Waals surface area contributed by atoms with Gasteiger partial charge < -0.3 is 5.32 Å². The molecule has 2 aromatic carbocycles. The van der Waals surface area contributed by atoms with E-state index in [1.807, 2.05) is 24.3 Å². The summed E-state index contributed by atoms with van der Waals surface area (Å²) in [6, 6.07) is 15.5. The highest BCUT2D eigenvalue weighted by atomic mass is 35.5. The Morgan fingerprint density at radius 1 is 1.05 bits per heavy atom. The number of thiazole rings is 1. The van der Waals surface area contributed by atoms with Crippen molar-refractivity contribution in [1.29, 1.82) is 0 Å². The summed E-state index contributed by atoms with van der Waals surface area (Å²) in [5.74, 6) is 0. The predicted molar refractivity (Wildman–Crippen MR) is 92.0 cm³/mol. The molecule has 106 valence electrons. The van der Waals surface area contributed by atoms with Crippen LogP contribution in [-0.4, -0.2) is 4.98 Å². The minimum atomic E-state index is 0.580. The first-order chi connectivity index (χ1) is 10.1. The van der Waals surface area contributed by atoms with E-state index in [0.717, 1.165) is 27.0 Å². The molecule has 1 heterocycles. The fourth-order valence-electron chi connectivity index (χ4n) is 2.02. The number of hydrogen-bond acceptors (Lipinski definition) is 3. The predicted octanol–water partition coefficient (Wildman–Crippen LogP) is 6.17. The Hall–Kier alpha value is -1.55. The summed E-state index contributed by atoms with van der Waals surface area (Å²) in [5, 5.41) is 5.26. The van der Waals surface area contributed by atoms with E-state index in [0.29, 0.717) is 10.0 Å². The molecule has 2 nitrogen and oxygen atoms in total. The van der Waals surface area contributed by atoms with Crippen molar-refractivity contribution < 1.29 is 0 Å². The molecule has 21 heavy (non-hydrogen) atoms. The van der Waals surface area contributed by atoms with Crippen LogP contribution in [-0.2, 0) is 0 Å². The minimum absolute atomic E-state index is 0.580. The van der Waals surface area contributed by atoms with E-state index >= 15 is 0 Å². The second kappa shape index (κ2) is 6.06. The summed E-state index contributed by atoms with van der Waals surface area (Å²) < 4.78 is 0. The lowest BCUT2D eigenvalue weighted by atomic mass is 10.1. The van der Waals surface area contributed by atoms with Gasteiger partial charge in [-0.15, -0.1) is 11.3 Å². The highest BCUT2D eigenvalue weighted by molar-refractivity contribution is 7.16. The number of nitrogens with one attached hydrogen (secondary N) is 1. The molecule has 0 radical (unpaired) electrons. The normalized spacial score (nSPS) is 10.6. The number of aryl methyl sites for hydroxylation is 1. The lowest BCUT2D eigenvalue weighted by Crippen LogP contribution is -1.90. The average Bonchev–Trinajstić information content (AvgIpc) is 2.84. The number of hydrogen-bond donors (Lipinski definition) is 1. The molecule has 0 unspecified atom stereocenters. The highest BCUT2D eigenvalue weighted by Crippen LogP contribution is 2.34. The Kier molecular flexibility index (Phi) is 4.15. The third-order valence-corrected chi connectivity index (χ3v) is 4.45. The Labute approximate surface area is 137 Å². The second-order valence-corrected chi connectivity index (χ2v) is 6.59. The zero-order valence-electron chi connectivity index (χ0n) is 11.2. The van der Waals surface area contributed by atoms with Crippen molar-refractivity contribution in [2.24, 2.45) is 0 Å². The number of nitrogens with zero attached hydrogens (tertiary/aromatic N) is 1. The zero-order valence-corrected chi connectivity index (χ0v) is 13.6. The minimum Gasteiger partial charge on any atom is -0.330 e. The molecule has 0 atom stereocenters. The molecule has 0 fully saturated rings. The Bertz CT molecular complexity index is 769. The first-order valence-corrected chi connectivity index (χ1v) is 7.95. The first-order valence-electron chi connectivity index (χ1n) is 6.38. The van der Waals surface area contributed by atoms with Crippen LogP contribution in [0.4, 0.5) is 10.8 Å². The molecule has 1 aromatic heterocycles. The van der Waals surface area contributed by atoms with Crippen molar-refractivity contribution in [1.82, 2.24) is 4.98 Å². The van der Waals surface area contributed by atoms with Crippen LogP contribution in [0.15, 0.2) is 48.5 Å². The number of rotatable bonds is 3. The van der Waals surface area contributed by atoms with Gasteiger partial charge in [0.1, 0.15) is 0 Å². The maximum atomic E-state index is 6.17. The number of anilines is 2. The van der Waals surface area contributed by atoms with Crippen molar-refractivity contribution in [3.63, 3.8) is 0 Å². The van der Waals surface area contributed by atoms with Gasteiger partial charge in [-0.1, -0.05) is 53.5 Å². The van der Waals surface area contributed by atoms with Gasteiger partial charge in [-0.3, -0.25) is 0 Å². The Morgan fingerprint density at radius 3 is 2.52 bits per heavy atom. The molecule has 3 aromatic rings. The lowest BCUT2D eigenvalue weighted by Gasteiger charge is -2.05. The summed E-state index contributed by atoms with van der Waals surface area (Å²) in [4.78, 5) is 5.82. The van der Waals surface area contributed by atoms with Crippen LogP contribution in [0, 0.1) is 6.92 Å². The molecule has 0 aliphatic rings. The fraction of sp³-hybridized carbons (Fsp3) is 0.0625. The van der Waals surface area contributed by atoms with Gasteiger partial charge in [0.25, 0.3) is 0 Å². The van der Waals surface area contributed by atoms with Crippen molar-refractivity contribution in [3.8, 4) is 11.3 Å². The number of aromatic nitrogens is 1. The van der Waals surface area contributed by atoms with E-state index in [4.69, 9.17) is 23.2 Å². The Morgan fingerprint density at radius 2 is 1.81 bits per heavy atom. The summed E-state index contributed by atoms with van der Waals surface area (Å²) in [6.45, 7) is 2.06. The molecule has 0 saturated heterocycles. The quantitative estimate of drug-likeness (QED) is 0.619. The summed E-state index contributed by atoms with van der Waals surface area (Å²) in [6.07, 6.45) is 0. The van der Waals surface area contributed by atoms with Crippen LogP contribution in [0.1, 0.15) is 4.88 Å². The molecular weight excluding hydrogens is 323 g/mol. The molecule has 3 rings (SSSR count). The van der Waals surface area contributed by atoms with Crippen molar-refractivity contribution >= 4 is 45.4 Å². The molecule has 0 aliphatic carbocycles. The van der Waals surface area contributed by atoms with Crippen molar-refractivity contribution in [2.45, 2.75) is 6.92 Å². The maximum absolute atomic E-state index is 6.17. The second-order valence-electron chi connectivity index (χ2n) is 4.54. The van der Waals surface area contributed by atoms with Crippen LogP contribution in [0.3, 0.4) is 0 Å². The molecular formula is C16H12Cl2N2S. The van der Waals surface area contributed by atoms with Crippen LogP contribution < -0.4 is 5.32 Å². The summed E-state index contributed by atoms with van der Waals surface area (Å²) in [7, 11) is 0. The van der Waals surface area contributed by atoms with Crippen molar-refractivity contribution in [3.05, 3.63) is 63.5 Å². The van der Waals surface area contributed by atoms with Crippen molar-refractivity contribution in [2.75, 3.05) is 5.32 Å².